The molecule has 1 amide bonds. The molecule has 0 aliphatic heterocycles. The van der Waals surface area contributed by atoms with Gasteiger partial charge < -0.3 is 19.5 Å². The minimum atomic E-state index is -0.297. The predicted molar refractivity (Wildman–Crippen MR) is 101 cm³/mol. The number of H-pyrrole nitrogens is 1. The minimum absolute atomic E-state index is 0.00600. The number of amides is 1. The Bertz CT molecular complexity index is 1020. The first kappa shape index (κ1) is 18.2. The van der Waals surface area contributed by atoms with Crippen LogP contribution in [0.15, 0.2) is 41.2 Å². The van der Waals surface area contributed by atoms with Gasteiger partial charge in [-0.1, -0.05) is 18.2 Å². The number of rotatable bonds is 6. The van der Waals surface area contributed by atoms with E-state index in [-0.39, 0.29) is 17.9 Å². The van der Waals surface area contributed by atoms with Crippen molar-refractivity contribution in [1.82, 2.24) is 10.2 Å². The van der Waals surface area contributed by atoms with E-state index in [1.165, 1.54) is 21.3 Å². The van der Waals surface area contributed by atoms with E-state index in [0.717, 1.165) is 0 Å². The number of carbonyl (C=O) groups excluding carboxylic acids is 1. The Morgan fingerprint density at radius 2 is 1.67 bits per heavy atom. The van der Waals surface area contributed by atoms with Crippen molar-refractivity contribution in [1.29, 1.82) is 0 Å². The topological polar surface area (TPSA) is 103 Å². The Balaban J connectivity index is 1.87. The fourth-order valence-electron chi connectivity index (χ4n) is 2.82. The van der Waals surface area contributed by atoms with Gasteiger partial charge in [0.1, 0.15) is 0 Å². The third-order valence-corrected chi connectivity index (χ3v) is 4.05. The molecule has 0 aliphatic carbocycles. The van der Waals surface area contributed by atoms with Gasteiger partial charge in [-0.3, -0.25) is 9.59 Å². The summed E-state index contributed by atoms with van der Waals surface area (Å²) in [5.74, 6) is 1.000. The molecule has 0 radical (unpaired) electrons. The summed E-state index contributed by atoms with van der Waals surface area (Å²) in [5, 5.41) is 10.3. The van der Waals surface area contributed by atoms with Crippen molar-refractivity contribution in [2.75, 3.05) is 26.6 Å². The highest BCUT2D eigenvalue weighted by Gasteiger charge is 2.16. The third-order valence-electron chi connectivity index (χ3n) is 4.05. The van der Waals surface area contributed by atoms with E-state index in [9.17, 15) is 9.59 Å². The number of nitrogens with zero attached hydrogens (tertiary/aromatic N) is 1. The number of hydrogen-bond donors (Lipinski definition) is 2. The number of carbonyl (C=O) groups is 1. The molecule has 0 spiro atoms. The van der Waals surface area contributed by atoms with E-state index < -0.39 is 0 Å². The van der Waals surface area contributed by atoms with Crippen molar-refractivity contribution < 1.29 is 19.0 Å². The Kier molecular flexibility index (Phi) is 5.25. The normalized spacial score (nSPS) is 10.5. The molecule has 0 bridgehead atoms. The second-order valence-corrected chi connectivity index (χ2v) is 5.68. The summed E-state index contributed by atoms with van der Waals surface area (Å²) in [6.45, 7) is 0. The van der Waals surface area contributed by atoms with Crippen molar-refractivity contribution in [2.24, 2.45) is 0 Å². The molecule has 0 fully saturated rings. The van der Waals surface area contributed by atoms with Crippen LogP contribution in [0.2, 0.25) is 0 Å². The lowest BCUT2D eigenvalue weighted by Crippen LogP contribution is -2.18. The van der Waals surface area contributed by atoms with E-state index in [2.05, 4.69) is 15.5 Å². The van der Waals surface area contributed by atoms with Crippen LogP contribution >= 0.6 is 0 Å². The number of nitrogens with one attached hydrogen (secondary N) is 2. The highest BCUT2D eigenvalue weighted by molar-refractivity contribution is 5.95. The fraction of sp³-hybridized carbons (Fsp3) is 0.211. The summed E-state index contributed by atoms with van der Waals surface area (Å²) in [4.78, 5) is 24.4. The van der Waals surface area contributed by atoms with E-state index in [1.807, 2.05) is 0 Å². The SMILES string of the molecule is COc1cc(NC(=O)Cc2n[nH]c(=O)c3ccccc23)cc(OC)c1OC. The molecule has 1 heterocycles. The molecule has 8 nitrogen and oxygen atoms in total. The average Bonchev–Trinajstić information content (AvgIpc) is 2.69. The maximum Gasteiger partial charge on any atom is 0.272 e. The van der Waals surface area contributed by atoms with Crippen LogP contribution in [0.25, 0.3) is 10.8 Å². The number of ether oxygens (including phenoxy) is 3. The maximum absolute atomic E-state index is 12.5. The molecule has 0 aliphatic rings. The number of anilines is 1. The van der Waals surface area contributed by atoms with Crippen LogP contribution in [0.4, 0.5) is 5.69 Å². The summed E-state index contributed by atoms with van der Waals surface area (Å²) >= 11 is 0. The van der Waals surface area contributed by atoms with Crippen LogP contribution in [-0.4, -0.2) is 37.4 Å². The molecular weight excluding hydrogens is 350 g/mol. The van der Waals surface area contributed by atoms with Crippen LogP contribution in [0.1, 0.15) is 5.69 Å². The van der Waals surface area contributed by atoms with Crippen LogP contribution in [0.5, 0.6) is 17.2 Å². The van der Waals surface area contributed by atoms with Crippen LogP contribution in [-0.2, 0) is 11.2 Å². The minimum Gasteiger partial charge on any atom is -0.493 e. The molecule has 140 valence electrons. The molecule has 0 atom stereocenters. The lowest BCUT2D eigenvalue weighted by atomic mass is 10.1. The molecule has 27 heavy (non-hydrogen) atoms. The summed E-state index contributed by atoms with van der Waals surface area (Å²) < 4.78 is 15.8. The highest BCUT2D eigenvalue weighted by atomic mass is 16.5. The van der Waals surface area contributed by atoms with Crippen molar-refractivity contribution in [2.45, 2.75) is 6.42 Å². The predicted octanol–water partition coefficient (Wildman–Crippen LogP) is 2.13. The number of benzene rings is 2. The highest BCUT2D eigenvalue weighted by Crippen LogP contribution is 2.39. The summed E-state index contributed by atoms with van der Waals surface area (Å²) in [6, 6.07) is 10.3. The van der Waals surface area contributed by atoms with Gasteiger partial charge in [-0.25, -0.2) is 5.10 Å². The Morgan fingerprint density at radius 1 is 1.04 bits per heavy atom. The molecule has 1 aromatic heterocycles. The van der Waals surface area contributed by atoms with Gasteiger partial charge in [0.05, 0.1) is 38.8 Å². The van der Waals surface area contributed by atoms with Gasteiger partial charge in [0.15, 0.2) is 11.5 Å². The number of aromatic amines is 1. The van der Waals surface area contributed by atoms with Crippen LogP contribution < -0.4 is 25.1 Å². The van der Waals surface area contributed by atoms with Crippen LogP contribution in [0, 0.1) is 0 Å². The summed E-state index contributed by atoms with van der Waals surface area (Å²) in [5.41, 5.74) is 0.678. The zero-order valence-electron chi connectivity index (χ0n) is 15.2. The Hall–Kier alpha value is -3.55. The second kappa shape index (κ2) is 7.77. The molecule has 3 rings (SSSR count). The fourth-order valence-corrected chi connectivity index (χ4v) is 2.82. The first-order chi connectivity index (χ1) is 13.1. The first-order valence-corrected chi connectivity index (χ1v) is 8.13. The Labute approximate surface area is 155 Å². The average molecular weight is 369 g/mol. The lowest BCUT2D eigenvalue weighted by Gasteiger charge is -2.14. The monoisotopic (exact) mass is 369 g/mol. The third kappa shape index (κ3) is 3.69. The first-order valence-electron chi connectivity index (χ1n) is 8.13. The molecule has 0 saturated heterocycles. The van der Waals surface area contributed by atoms with Gasteiger partial charge >= 0.3 is 0 Å². The van der Waals surface area contributed by atoms with Gasteiger partial charge in [0.2, 0.25) is 11.7 Å². The number of fused-ring (bicyclic) bond motifs is 1. The molecule has 2 aromatic carbocycles. The summed E-state index contributed by atoms with van der Waals surface area (Å²) in [7, 11) is 4.50. The van der Waals surface area contributed by atoms with E-state index >= 15 is 0 Å². The number of methoxy groups -OCH3 is 3. The largest absolute Gasteiger partial charge is 0.493 e. The van der Waals surface area contributed by atoms with Gasteiger partial charge in [-0.2, -0.15) is 5.10 Å². The van der Waals surface area contributed by atoms with Gasteiger partial charge in [0.25, 0.3) is 5.56 Å². The zero-order chi connectivity index (χ0) is 19.4. The molecule has 0 saturated carbocycles. The second-order valence-electron chi connectivity index (χ2n) is 5.68. The lowest BCUT2D eigenvalue weighted by molar-refractivity contribution is -0.115. The van der Waals surface area contributed by atoms with Crippen molar-refractivity contribution in [3.05, 3.63) is 52.4 Å². The number of hydrogen-bond acceptors (Lipinski definition) is 6. The van der Waals surface area contributed by atoms with E-state index in [1.54, 1.807) is 36.4 Å². The van der Waals surface area contributed by atoms with Crippen molar-refractivity contribution in [3.63, 3.8) is 0 Å². The van der Waals surface area contributed by atoms with Crippen molar-refractivity contribution >= 4 is 22.4 Å². The number of aromatic nitrogens is 2. The smallest absolute Gasteiger partial charge is 0.272 e. The van der Waals surface area contributed by atoms with E-state index in [4.69, 9.17) is 14.2 Å². The molecule has 3 aromatic rings. The maximum atomic E-state index is 12.5. The quantitative estimate of drug-likeness (QED) is 0.690. The zero-order valence-corrected chi connectivity index (χ0v) is 15.2. The Morgan fingerprint density at radius 3 is 2.26 bits per heavy atom. The molecule has 0 unspecified atom stereocenters. The molecular formula is C19H19N3O5. The molecule has 8 heteroatoms. The van der Waals surface area contributed by atoms with E-state index in [0.29, 0.717) is 39.4 Å². The van der Waals surface area contributed by atoms with Crippen LogP contribution in [0.3, 0.4) is 0 Å². The van der Waals surface area contributed by atoms with Crippen molar-refractivity contribution in [3.8, 4) is 17.2 Å². The molecule has 2 N–H and O–H groups in total. The standard InChI is InChI=1S/C19H19N3O5/c1-25-15-8-11(9-16(26-2)18(15)27-3)20-17(23)10-14-12-6-4-5-7-13(12)19(24)22-21-14/h4-9H,10H2,1-3H3,(H,20,23)(H,22,24). The van der Waals surface area contributed by atoms with Gasteiger partial charge in [0, 0.05) is 23.2 Å². The van der Waals surface area contributed by atoms with Gasteiger partial charge in [-0.15, -0.1) is 0 Å². The summed E-state index contributed by atoms with van der Waals surface area (Å²) in [6.07, 6.45) is -0.00600. The van der Waals surface area contributed by atoms with Gasteiger partial charge in [-0.05, 0) is 6.07 Å².